The van der Waals surface area contributed by atoms with Gasteiger partial charge in [-0.25, -0.2) is 0 Å². The maximum Gasteiger partial charge on any atom is 0.257 e. The number of hydrogen-bond donors (Lipinski definition) is 2. The predicted molar refractivity (Wildman–Crippen MR) is 94.7 cm³/mol. The van der Waals surface area contributed by atoms with Crippen molar-refractivity contribution in [2.24, 2.45) is 5.92 Å². The molecule has 0 bridgehead atoms. The van der Waals surface area contributed by atoms with Gasteiger partial charge < -0.3 is 14.8 Å². The van der Waals surface area contributed by atoms with E-state index in [0.29, 0.717) is 11.1 Å². The highest BCUT2D eigenvalue weighted by Crippen LogP contribution is 2.37. The third-order valence-electron chi connectivity index (χ3n) is 5.69. The van der Waals surface area contributed by atoms with Crippen molar-refractivity contribution in [3.05, 3.63) is 29.3 Å². The first-order valence-electron chi connectivity index (χ1n) is 9.18. The highest BCUT2D eigenvalue weighted by atomic mass is 16.3. The van der Waals surface area contributed by atoms with Crippen LogP contribution in [0.1, 0.15) is 47.8 Å². The summed E-state index contributed by atoms with van der Waals surface area (Å²) in [5.74, 6) is -1.24. The number of hydrogen-bond acceptors (Lipinski definition) is 6. The lowest BCUT2D eigenvalue weighted by molar-refractivity contribution is -0.139. The number of carbonyl (C=O) groups excluding carboxylic acids is 4. The Hall–Kier alpha value is -2.74. The van der Waals surface area contributed by atoms with Crippen molar-refractivity contribution in [2.75, 3.05) is 18.0 Å². The van der Waals surface area contributed by atoms with Gasteiger partial charge in [0, 0.05) is 42.2 Å². The lowest BCUT2D eigenvalue weighted by Gasteiger charge is -2.31. The molecule has 1 aromatic carbocycles. The van der Waals surface area contributed by atoms with Crippen molar-refractivity contribution < 1.29 is 24.3 Å². The van der Waals surface area contributed by atoms with E-state index in [0.717, 1.165) is 42.8 Å². The van der Waals surface area contributed by atoms with Crippen LogP contribution >= 0.6 is 0 Å². The summed E-state index contributed by atoms with van der Waals surface area (Å²) in [6, 6.07) is 4.45. The standard InChI is InChI=1S/C19H21N3O5/c23-10-11-5-7-21(8-6-11)12-1-2-13-14(9-12)19(27)22(18(13)26)15-3-4-16(24)20-17(15)25/h1-2,9-11,15,18,26H,3-8H2,(H,20,24,25). The number of rotatable bonds is 3. The Balaban J connectivity index is 1.57. The van der Waals surface area contributed by atoms with Gasteiger partial charge in [0.15, 0.2) is 6.23 Å². The third kappa shape index (κ3) is 2.99. The molecule has 2 atom stereocenters. The van der Waals surface area contributed by atoms with Gasteiger partial charge in [0.2, 0.25) is 11.8 Å². The molecule has 0 radical (unpaired) electrons. The van der Waals surface area contributed by atoms with Crippen LogP contribution in [0.4, 0.5) is 5.69 Å². The van der Waals surface area contributed by atoms with Crippen LogP contribution in [0.5, 0.6) is 0 Å². The van der Waals surface area contributed by atoms with E-state index in [2.05, 4.69) is 10.2 Å². The number of anilines is 1. The zero-order valence-corrected chi connectivity index (χ0v) is 14.8. The number of nitrogens with one attached hydrogen (secondary N) is 1. The van der Waals surface area contributed by atoms with Gasteiger partial charge in [0.25, 0.3) is 5.91 Å². The maximum absolute atomic E-state index is 12.9. The van der Waals surface area contributed by atoms with Crippen LogP contribution in [-0.2, 0) is 14.4 Å². The second kappa shape index (κ2) is 6.77. The van der Waals surface area contributed by atoms with Gasteiger partial charge >= 0.3 is 0 Å². The molecule has 27 heavy (non-hydrogen) atoms. The zero-order chi connectivity index (χ0) is 19.1. The predicted octanol–water partition coefficient (Wildman–Crippen LogP) is 0.354. The molecule has 2 saturated heterocycles. The number of imide groups is 1. The highest BCUT2D eigenvalue weighted by molar-refractivity contribution is 6.06. The number of aliphatic hydroxyl groups is 1. The number of nitrogens with zero attached hydrogens (tertiary/aromatic N) is 2. The van der Waals surface area contributed by atoms with E-state index in [-0.39, 0.29) is 24.7 Å². The molecule has 8 heteroatoms. The minimum absolute atomic E-state index is 0.0853. The van der Waals surface area contributed by atoms with Crippen LogP contribution in [-0.4, -0.2) is 53.1 Å². The van der Waals surface area contributed by atoms with E-state index in [1.165, 1.54) is 0 Å². The Morgan fingerprint density at radius 2 is 1.85 bits per heavy atom. The molecule has 2 unspecified atom stereocenters. The molecular formula is C19H21N3O5. The van der Waals surface area contributed by atoms with Gasteiger partial charge in [0.1, 0.15) is 12.3 Å². The molecule has 4 rings (SSSR count). The number of carbonyl (C=O) groups is 4. The molecule has 0 aromatic heterocycles. The summed E-state index contributed by atoms with van der Waals surface area (Å²) in [6.45, 7) is 1.46. The van der Waals surface area contributed by atoms with E-state index in [4.69, 9.17) is 0 Å². The van der Waals surface area contributed by atoms with Crippen LogP contribution in [0.2, 0.25) is 0 Å². The van der Waals surface area contributed by atoms with Gasteiger partial charge in [-0.1, -0.05) is 6.07 Å². The summed E-state index contributed by atoms with van der Waals surface area (Å²) in [6.07, 6.45) is 1.69. The van der Waals surface area contributed by atoms with E-state index in [1.54, 1.807) is 12.1 Å². The average Bonchev–Trinajstić information content (AvgIpc) is 2.92. The summed E-state index contributed by atoms with van der Waals surface area (Å²) in [4.78, 5) is 50.6. The smallest absolute Gasteiger partial charge is 0.257 e. The number of aldehydes is 1. The molecule has 1 aromatic rings. The minimum Gasteiger partial charge on any atom is -0.371 e. The topological polar surface area (TPSA) is 107 Å². The lowest BCUT2D eigenvalue weighted by atomic mass is 9.97. The molecule has 0 spiro atoms. The molecule has 3 aliphatic heterocycles. The fraction of sp³-hybridized carbons (Fsp3) is 0.474. The van der Waals surface area contributed by atoms with E-state index < -0.39 is 24.1 Å². The monoisotopic (exact) mass is 371 g/mol. The van der Waals surface area contributed by atoms with Crippen molar-refractivity contribution in [3.8, 4) is 0 Å². The summed E-state index contributed by atoms with van der Waals surface area (Å²) in [5.41, 5.74) is 1.71. The molecule has 142 valence electrons. The summed E-state index contributed by atoms with van der Waals surface area (Å²) >= 11 is 0. The van der Waals surface area contributed by atoms with Gasteiger partial charge in [-0.2, -0.15) is 0 Å². The number of aliphatic hydroxyl groups excluding tert-OH is 1. The molecule has 0 saturated carbocycles. The lowest BCUT2D eigenvalue weighted by Crippen LogP contribution is -2.53. The Bertz CT molecular complexity index is 816. The molecule has 3 heterocycles. The van der Waals surface area contributed by atoms with Crippen molar-refractivity contribution in [1.29, 1.82) is 0 Å². The maximum atomic E-state index is 12.9. The van der Waals surface area contributed by atoms with Crippen LogP contribution < -0.4 is 10.2 Å². The van der Waals surface area contributed by atoms with Crippen LogP contribution in [0, 0.1) is 5.92 Å². The number of benzene rings is 1. The number of fused-ring (bicyclic) bond motifs is 1. The average molecular weight is 371 g/mol. The SMILES string of the molecule is O=CC1CCN(c2ccc3c(c2)C(=O)N(C2CCC(=O)NC2=O)C3O)CC1. The fourth-order valence-electron chi connectivity index (χ4n) is 4.10. The first-order valence-corrected chi connectivity index (χ1v) is 9.18. The van der Waals surface area contributed by atoms with Crippen molar-refractivity contribution in [3.63, 3.8) is 0 Å². The van der Waals surface area contributed by atoms with Crippen LogP contribution in [0.15, 0.2) is 18.2 Å². The zero-order valence-electron chi connectivity index (χ0n) is 14.8. The minimum atomic E-state index is -1.20. The first-order chi connectivity index (χ1) is 13.0. The van der Waals surface area contributed by atoms with Gasteiger partial charge in [-0.3, -0.25) is 24.6 Å². The van der Waals surface area contributed by atoms with Crippen molar-refractivity contribution in [2.45, 2.75) is 38.0 Å². The molecule has 3 amide bonds. The number of piperidine rings is 2. The van der Waals surface area contributed by atoms with Gasteiger partial charge in [-0.05, 0) is 31.4 Å². The van der Waals surface area contributed by atoms with Crippen LogP contribution in [0.3, 0.4) is 0 Å². The van der Waals surface area contributed by atoms with Crippen molar-refractivity contribution >= 4 is 29.7 Å². The van der Waals surface area contributed by atoms with Crippen molar-refractivity contribution in [1.82, 2.24) is 10.2 Å². The fourth-order valence-corrected chi connectivity index (χ4v) is 4.10. The molecule has 2 N–H and O–H groups in total. The normalized spacial score (nSPS) is 26.2. The molecule has 0 aliphatic carbocycles. The number of amides is 3. The molecule has 2 fully saturated rings. The second-order valence-electron chi connectivity index (χ2n) is 7.29. The second-order valence-corrected chi connectivity index (χ2v) is 7.29. The van der Waals surface area contributed by atoms with Gasteiger partial charge in [0.05, 0.1) is 0 Å². The highest BCUT2D eigenvalue weighted by Gasteiger charge is 2.44. The van der Waals surface area contributed by atoms with E-state index in [1.807, 2.05) is 6.07 Å². The first kappa shape index (κ1) is 17.7. The van der Waals surface area contributed by atoms with Gasteiger partial charge in [-0.15, -0.1) is 0 Å². The van der Waals surface area contributed by atoms with E-state index >= 15 is 0 Å². The summed E-state index contributed by atoms with van der Waals surface area (Å²) < 4.78 is 0. The Labute approximate surface area is 156 Å². The summed E-state index contributed by atoms with van der Waals surface area (Å²) in [7, 11) is 0. The Kier molecular flexibility index (Phi) is 4.43. The molecular weight excluding hydrogens is 350 g/mol. The third-order valence-corrected chi connectivity index (χ3v) is 5.69. The molecule has 3 aliphatic rings. The van der Waals surface area contributed by atoms with E-state index in [9.17, 15) is 24.3 Å². The largest absolute Gasteiger partial charge is 0.371 e. The Morgan fingerprint density at radius 1 is 1.11 bits per heavy atom. The summed E-state index contributed by atoms with van der Waals surface area (Å²) in [5, 5.41) is 12.8. The Morgan fingerprint density at radius 3 is 2.52 bits per heavy atom. The quantitative estimate of drug-likeness (QED) is 0.587. The molecule has 8 nitrogen and oxygen atoms in total. The van der Waals surface area contributed by atoms with Crippen LogP contribution in [0.25, 0.3) is 0 Å².